The average Bonchev–Trinajstić information content (AvgIpc) is 2.71. The number of nitrogens with one attached hydrogen (secondary N) is 2. The lowest BCUT2D eigenvalue weighted by Gasteiger charge is -1.95. The highest BCUT2D eigenvalue weighted by atomic mass is 16.3. The largest absolute Gasteiger partial charge is 0.387 e. The second-order valence-electron chi connectivity index (χ2n) is 4.04. The van der Waals surface area contributed by atoms with Crippen LogP contribution in [0.25, 0.3) is 11.0 Å². The maximum Gasteiger partial charge on any atom is 0.263 e. The summed E-state index contributed by atoms with van der Waals surface area (Å²) >= 11 is 0. The van der Waals surface area contributed by atoms with E-state index in [1.54, 1.807) is 17.8 Å². The van der Waals surface area contributed by atoms with Gasteiger partial charge in [0.05, 0.1) is 17.5 Å². The Bertz CT molecular complexity index is 778. The molecular weight excluding hydrogens is 262 g/mol. The SMILES string of the molecule is Cn1cc(C#CCNC(=O)CO)c2c(=O)[nH]c(N)nc21. The number of aliphatic hydroxyl groups excluding tert-OH is 1. The Kier molecular flexibility index (Phi) is 3.72. The molecule has 5 N–H and O–H groups in total. The molecule has 0 bridgehead atoms. The fourth-order valence-electron chi connectivity index (χ4n) is 1.73. The molecule has 2 heterocycles. The van der Waals surface area contributed by atoms with Gasteiger partial charge in [-0.3, -0.25) is 14.6 Å². The predicted octanol–water partition coefficient (Wildman–Crippen LogP) is -1.70. The molecule has 20 heavy (non-hydrogen) atoms. The molecule has 0 spiro atoms. The van der Waals surface area contributed by atoms with E-state index in [1.165, 1.54) is 0 Å². The Morgan fingerprint density at radius 2 is 2.40 bits per heavy atom. The summed E-state index contributed by atoms with van der Waals surface area (Å²) in [7, 11) is 1.73. The van der Waals surface area contributed by atoms with Gasteiger partial charge in [-0.2, -0.15) is 4.98 Å². The van der Waals surface area contributed by atoms with Crippen LogP contribution >= 0.6 is 0 Å². The number of fused-ring (bicyclic) bond motifs is 1. The van der Waals surface area contributed by atoms with E-state index in [9.17, 15) is 9.59 Å². The second kappa shape index (κ2) is 5.46. The minimum atomic E-state index is -0.585. The number of aryl methyl sites for hydroxylation is 1. The minimum Gasteiger partial charge on any atom is -0.387 e. The van der Waals surface area contributed by atoms with E-state index in [-0.39, 0.29) is 18.1 Å². The standard InChI is InChI=1S/C12H13N5O3/c1-17-5-7(3-2-4-14-8(19)6-18)9-10(17)15-12(13)16-11(9)20/h5,18H,4,6H2,1H3,(H,14,19)(H3,13,15,16,20). The predicted molar refractivity (Wildman–Crippen MR) is 72.7 cm³/mol. The van der Waals surface area contributed by atoms with Gasteiger partial charge in [-0.25, -0.2) is 0 Å². The first-order chi connectivity index (χ1) is 9.52. The molecule has 8 nitrogen and oxygen atoms in total. The molecule has 1 amide bonds. The first-order valence-electron chi connectivity index (χ1n) is 5.74. The molecule has 0 saturated carbocycles. The van der Waals surface area contributed by atoms with E-state index in [0.717, 1.165) is 0 Å². The summed E-state index contributed by atoms with van der Waals surface area (Å²) in [6.45, 7) is -0.505. The monoisotopic (exact) mass is 275 g/mol. The number of rotatable bonds is 2. The molecule has 0 aromatic carbocycles. The van der Waals surface area contributed by atoms with Gasteiger partial charge in [0.15, 0.2) is 5.65 Å². The van der Waals surface area contributed by atoms with Crippen LogP contribution in [0.2, 0.25) is 0 Å². The number of nitrogens with two attached hydrogens (primary N) is 1. The van der Waals surface area contributed by atoms with Crippen molar-refractivity contribution in [2.24, 2.45) is 7.05 Å². The van der Waals surface area contributed by atoms with Crippen LogP contribution in [0.3, 0.4) is 0 Å². The number of aromatic amines is 1. The van der Waals surface area contributed by atoms with Gasteiger partial charge < -0.3 is 20.7 Å². The van der Waals surface area contributed by atoms with E-state index in [1.807, 2.05) is 0 Å². The highest BCUT2D eigenvalue weighted by molar-refractivity contribution is 5.83. The molecule has 0 aliphatic rings. The van der Waals surface area contributed by atoms with Crippen molar-refractivity contribution in [2.75, 3.05) is 18.9 Å². The molecule has 2 rings (SSSR count). The van der Waals surface area contributed by atoms with Crippen LogP contribution < -0.4 is 16.6 Å². The highest BCUT2D eigenvalue weighted by Crippen LogP contribution is 2.13. The molecule has 2 aromatic rings. The number of aromatic nitrogens is 3. The van der Waals surface area contributed by atoms with Crippen molar-refractivity contribution >= 4 is 22.9 Å². The number of anilines is 1. The number of nitrogen functional groups attached to an aromatic ring is 1. The van der Waals surface area contributed by atoms with Gasteiger partial charge in [0.25, 0.3) is 5.56 Å². The number of carbonyl (C=O) groups is 1. The third-order valence-electron chi connectivity index (χ3n) is 2.59. The van der Waals surface area contributed by atoms with Crippen molar-refractivity contribution < 1.29 is 9.90 Å². The molecular formula is C12H13N5O3. The van der Waals surface area contributed by atoms with E-state index in [0.29, 0.717) is 16.6 Å². The zero-order chi connectivity index (χ0) is 14.7. The number of H-pyrrole nitrogens is 1. The topological polar surface area (TPSA) is 126 Å². The van der Waals surface area contributed by atoms with E-state index in [2.05, 4.69) is 27.1 Å². The zero-order valence-corrected chi connectivity index (χ0v) is 10.7. The number of amides is 1. The van der Waals surface area contributed by atoms with Crippen molar-refractivity contribution in [1.82, 2.24) is 19.9 Å². The van der Waals surface area contributed by atoms with Gasteiger partial charge in [-0.1, -0.05) is 11.8 Å². The third-order valence-corrected chi connectivity index (χ3v) is 2.59. The van der Waals surface area contributed by atoms with Crippen molar-refractivity contribution in [1.29, 1.82) is 0 Å². The molecule has 0 fully saturated rings. The van der Waals surface area contributed by atoms with Gasteiger partial charge in [0.2, 0.25) is 11.9 Å². The molecule has 0 saturated heterocycles. The summed E-state index contributed by atoms with van der Waals surface area (Å²) in [5.41, 5.74) is 6.06. The summed E-state index contributed by atoms with van der Waals surface area (Å²) in [6.07, 6.45) is 1.66. The Hall–Kier alpha value is -2.79. The molecule has 2 aromatic heterocycles. The lowest BCUT2D eigenvalue weighted by Crippen LogP contribution is -2.26. The van der Waals surface area contributed by atoms with E-state index >= 15 is 0 Å². The number of aliphatic hydroxyl groups is 1. The minimum absolute atomic E-state index is 0.0402. The lowest BCUT2D eigenvalue weighted by molar-refractivity contribution is -0.123. The molecule has 0 atom stereocenters. The van der Waals surface area contributed by atoms with Crippen molar-refractivity contribution in [3.05, 3.63) is 22.1 Å². The number of nitrogens with zero attached hydrogens (tertiary/aromatic N) is 2. The Labute approximate surface area is 113 Å². The fourth-order valence-corrected chi connectivity index (χ4v) is 1.73. The van der Waals surface area contributed by atoms with Gasteiger partial charge in [0.1, 0.15) is 6.61 Å². The average molecular weight is 275 g/mol. The molecule has 0 radical (unpaired) electrons. The third kappa shape index (κ3) is 2.62. The normalized spacial score (nSPS) is 10.1. The van der Waals surface area contributed by atoms with Crippen LogP contribution in [0.4, 0.5) is 5.95 Å². The summed E-state index contributed by atoms with van der Waals surface area (Å²) in [5, 5.41) is 11.3. The molecule has 0 aliphatic heterocycles. The lowest BCUT2D eigenvalue weighted by atomic mass is 10.2. The number of hydrogen-bond donors (Lipinski definition) is 4. The first kappa shape index (κ1) is 13.6. The van der Waals surface area contributed by atoms with E-state index in [4.69, 9.17) is 10.8 Å². The molecule has 0 unspecified atom stereocenters. The highest BCUT2D eigenvalue weighted by Gasteiger charge is 2.10. The number of carbonyl (C=O) groups excluding carboxylic acids is 1. The van der Waals surface area contributed by atoms with Gasteiger partial charge >= 0.3 is 0 Å². The fraction of sp³-hybridized carbons (Fsp3) is 0.250. The Morgan fingerprint density at radius 1 is 1.65 bits per heavy atom. The van der Waals surface area contributed by atoms with E-state index < -0.39 is 12.5 Å². The Morgan fingerprint density at radius 3 is 3.10 bits per heavy atom. The van der Waals surface area contributed by atoms with Crippen molar-refractivity contribution in [3.63, 3.8) is 0 Å². The smallest absolute Gasteiger partial charge is 0.263 e. The summed E-state index contributed by atoms with van der Waals surface area (Å²) in [5.74, 6) is 5.01. The quantitative estimate of drug-likeness (QED) is 0.486. The maximum atomic E-state index is 11.9. The summed E-state index contributed by atoms with van der Waals surface area (Å²) in [4.78, 5) is 29.1. The summed E-state index contributed by atoms with van der Waals surface area (Å²) in [6, 6.07) is 0. The van der Waals surface area contributed by atoms with Crippen LogP contribution in [0.5, 0.6) is 0 Å². The van der Waals surface area contributed by atoms with Crippen molar-refractivity contribution in [2.45, 2.75) is 0 Å². The molecule has 0 aliphatic carbocycles. The van der Waals surface area contributed by atoms with Crippen LogP contribution in [0.15, 0.2) is 11.0 Å². The van der Waals surface area contributed by atoms with Gasteiger partial charge in [-0.05, 0) is 0 Å². The number of hydrogen-bond acceptors (Lipinski definition) is 5. The summed E-state index contributed by atoms with van der Waals surface area (Å²) < 4.78 is 1.65. The van der Waals surface area contributed by atoms with Crippen LogP contribution in [-0.4, -0.2) is 38.7 Å². The van der Waals surface area contributed by atoms with Gasteiger partial charge in [0, 0.05) is 13.2 Å². The maximum absolute atomic E-state index is 11.9. The van der Waals surface area contributed by atoms with Crippen LogP contribution in [0.1, 0.15) is 5.56 Å². The first-order valence-corrected chi connectivity index (χ1v) is 5.74. The molecule has 104 valence electrons. The Balaban J connectivity index is 2.35. The van der Waals surface area contributed by atoms with Crippen LogP contribution in [0, 0.1) is 11.8 Å². The van der Waals surface area contributed by atoms with Crippen molar-refractivity contribution in [3.8, 4) is 11.8 Å². The molecule has 8 heteroatoms. The second-order valence-corrected chi connectivity index (χ2v) is 4.04. The zero-order valence-electron chi connectivity index (χ0n) is 10.7. The van der Waals surface area contributed by atoms with Gasteiger partial charge in [-0.15, -0.1) is 0 Å². The van der Waals surface area contributed by atoms with Crippen LogP contribution in [-0.2, 0) is 11.8 Å².